The Morgan fingerprint density at radius 2 is 1.80 bits per heavy atom. The maximum Gasteiger partial charge on any atom is 0.416 e. The smallest absolute Gasteiger partial charge is 0.416 e. The number of sulfonamides is 1. The van der Waals surface area contributed by atoms with Gasteiger partial charge in [0.05, 0.1) is 42.3 Å². The van der Waals surface area contributed by atoms with Crippen molar-refractivity contribution in [2.24, 2.45) is 0 Å². The van der Waals surface area contributed by atoms with Crippen molar-refractivity contribution in [1.29, 1.82) is 0 Å². The maximum atomic E-state index is 13.1. The van der Waals surface area contributed by atoms with Gasteiger partial charge in [-0.1, -0.05) is 24.0 Å². The Morgan fingerprint density at radius 3 is 2.41 bits per heavy atom. The van der Waals surface area contributed by atoms with E-state index in [0.717, 1.165) is 30.7 Å². The van der Waals surface area contributed by atoms with Crippen LogP contribution in [0, 0.1) is 11.8 Å². The van der Waals surface area contributed by atoms with Gasteiger partial charge in [-0.2, -0.15) is 18.3 Å². The Kier molecular flexibility index (Phi) is 7.31. The van der Waals surface area contributed by atoms with E-state index in [1.54, 1.807) is 30.6 Å². The van der Waals surface area contributed by atoms with E-state index in [2.05, 4.69) is 26.6 Å². The Bertz CT molecular complexity index is 1780. The van der Waals surface area contributed by atoms with Gasteiger partial charge in [0.15, 0.2) is 5.65 Å². The normalized spacial score (nSPS) is 14.1. The zero-order chi connectivity index (χ0) is 29.6. The lowest BCUT2D eigenvalue weighted by molar-refractivity contribution is -0.137. The molecule has 0 radical (unpaired) electrons. The molecule has 0 unspecified atom stereocenters. The summed E-state index contributed by atoms with van der Waals surface area (Å²) in [6.07, 6.45) is -0.938. The summed E-state index contributed by atoms with van der Waals surface area (Å²) in [4.78, 5) is 4.55. The lowest BCUT2D eigenvalue weighted by Crippen LogP contribution is -2.46. The van der Waals surface area contributed by atoms with Gasteiger partial charge in [0.1, 0.15) is 10.6 Å². The molecule has 41 heavy (non-hydrogen) atoms. The molecular weight excluding hydrogens is 557 g/mol. The summed E-state index contributed by atoms with van der Waals surface area (Å²) in [5.41, 5.74) is 1.40. The summed E-state index contributed by atoms with van der Waals surface area (Å²) in [6, 6.07) is 11.2. The first-order valence-electron chi connectivity index (χ1n) is 12.7. The molecule has 12 heteroatoms. The maximum absolute atomic E-state index is 13.1. The third-order valence-electron chi connectivity index (χ3n) is 6.60. The van der Waals surface area contributed by atoms with Crippen molar-refractivity contribution < 1.29 is 31.4 Å². The number of hydrogen-bond acceptors (Lipinski definition) is 6. The van der Waals surface area contributed by atoms with E-state index in [9.17, 15) is 26.7 Å². The number of halogens is 3. The van der Waals surface area contributed by atoms with E-state index in [0.29, 0.717) is 28.0 Å². The predicted octanol–water partition coefficient (Wildman–Crippen LogP) is 4.75. The number of nitrogens with one attached hydrogen (secondary N) is 1. The van der Waals surface area contributed by atoms with Crippen LogP contribution in [0.4, 0.5) is 13.2 Å². The first kappa shape index (κ1) is 28.6. The van der Waals surface area contributed by atoms with Crippen LogP contribution in [-0.4, -0.2) is 47.4 Å². The molecule has 0 atom stereocenters. The van der Waals surface area contributed by atoms with Crippen molar-refractivity contribution in [3.63, 3.8) is 0 Å². The van der Waals surface area contributed by atoms with Crippen LogP contribution in [0.5, 0.6) is 5.75 Å². The number of ether oxygens (including phenoxy) is 1. The van der Waals surface area contributed by atoms with Gasteiger partial charge < -0.3 is 9.84 Å². The van der Waals surface area contributed by atoms with Crippen LogP contribution >= 0.6 is 0 Å². The number of hydrogen-bond donors (Lipinski definition) is 2. The second-order valence-electron chi connectivity index (χ2n) is 10.5. The molecule has 0 spiro atoms. The summed E-state index contributed by atoms with van der Waals surface area (Å²) < 4.78 is 74.7. The Balaban J connectivity index is 1.55. The summed E-state index contributed by atoms with van der Waals surface area (Å²) in [7, 11) is -2.71. The van der Waals surface area contributed by atoms with Crippen molar-refractivity contribution in [3.05, 3.63) is 77.1 Å². The van der Waals surface area contributed by atoms with Crippen LogP contribution < -0.4 is 9.46 Å². The molecule has 1 aliphatic rings. The number of methoxy groups -OCH3 is 1. The molecule has 0 bridgehead atoms. The monoisotopic (exact) mass is 584 g/mol. The number of alkyl halides is 3. The number of benzene rings is 2. The van der Waals surface area contributed by atoms with Crippen LogP contribution in [0.2, 0.25) is 0 Å². The van der Waals surface area contributed by atoms with Crippen molar-refractivity contribution in [2.75, 3.05) is 13.7 Å². The number of aliphatic hydroxyl groups is 1. The fourth-order valence-electron chi connectivity index (χ4n) is 4.28. The molecule has 5 rings (SSSR count). The standard InChI is InChI=1S/C29H27F3N4O4S/c1-28(2,17-37)35-41(38,39)26-14-18(5-13-25(26)40-3)4-6-21-16-33-36-24(20-7-8-20)15-23(34-27(21)36)19-9-11-22(12-10-19)29(30,31)32/h5,9-16,20,35,37H,7-8,17H2,1-3H3. The minimum absolute atomic E-state index is 0.115. The molecule has 0 saturated heterocycles. The summed E-state index contributed by atoms with van der Waals surface area (Å²) in [5, 5.41) is 14.0. The fourth-order valence-corrected chi connectivity index (χ4v) is 5.88. The molecule has 2 N–H and O–H groups in total. The minimum Gasteiger partial charge on any atom is -0.495 e. The minimum atomic E-state index is -4.44. The van der Waals surface area contributed by atoms with E-state index in [-0.39, 0.29) is 16.6 Å². The van der Waals surface area contributed by atoms with Gasteiger partial charge >= 0.3 is 6.18 Å². The Labute approximate surface area is 235 Å². The van der Waals surface area contributed by atoms with Crippen LogP contribution in [0.3, 0.4) is 0 Å². The third-order valence-corrected chi connectivity index (χ3v) is 8.32. The van der Waals surface area contributed by atoms with Gasteiger partial charge in [-0.05, 0) is 63.1 Å². The molecule has 4 aromatic rings. The van der Waals surface area contributed by atoms with E-state index in [1.807, 2.05) is 6.07 Å². The number of aromatic nitrogens is 3. The van der Waals surface area contributed by atoms with E-state index in [4.69, 9.17) is 4.74 Å². The molecule has 1 saturated carbocycles. The SMILES string of the molecule is COc1ccc(C#Cc2cnn3c(C4CC4)cc(-c4ccc(C(F)(F)F)cc4)nc23)cc1S(=O)(=O)NC(C)(C)CO. The molecule has 1 fully saturated rings. The van der Waals surface area contributed by atoms with Crippen molar-refractivity contribution in [1.82, 2.24) is 19.3 Å². The molecule has 1 aliphatic carbocycles. The largest absolute Gasteiger partial charge is 0.495 e. The van der Waals surface area contributed by atoms with Crippen molar-refractivity contribution >= 4 is 15.7 Å². The molecule has 2 aromatic carbocycles. The zero-order valence-electron chi connectivity index (χ0n) is 22.5. The van der Waals surface area contributed by atoms with Crippen molar-refractivity contribution in [3.8, 4) is 28.8 Å². The van der Waals surface area contributed by atoms with Gasteiger partial charge in [-0.25, -0.2) is 22.6 Å². The highest BCUT2D eigenvalue weighted by atomic mass is 32.2. The molecular formula is C29H27F3N4O4S. The van der Waals surface area contributed by atoms with Crippen LogP contribution in [0.15, 0.2) is 59.6 Å². The highest BCUT2D eigenvalue weighted by molar-refractivity contribution is 7.89. The zero-order valence-corrected chi connectivity index (χ0v) is 23.3. The third kappa shape index (κ3) is 6.07. The topological polar surface area (TPSA) is 106 Å². The average Bonchev–Trinajstić information content (AvgIpc) is 3.70. The van der Waals surface area contributed by atoms with Gasteiger partial charge in [0.25, 0.3) is 0 Å². The number of aliphatic hydroxyl groups excluding tert-OH is 1. The average molecular weight is 585 g/mol. The van der Waals surface area contributed by atoms with Gasteiger partial charge in [-0.3, -0.25) is 0 Å². The first-order chi connectivity index (χ1) is 19.3. The highest BCUT2D eigenvalue weighted by Gasteiger charge is 2.31. The lowest BCUT2D eigenvalue weighted by Gasteiger charge is -2.23. The quantitative estimate of drug-likeness (QED) is 0.304. The molecule has 0 amide bonds. The second kappa shape index (κ2) is 10.5. The molecule has 0 aliphatic heterocycles. The van der Waals surface area contributed by atoms with Gasteiger partial charge in [-0.15, -0.1) is 0 Å². The predicted molar refractivity (Wildman–Crippen MR) is 146 cm³/mol. The van der Waals surface area contributed by atoms with Crippen molar-refractivity contribution in [2.45, 2.75) is 49.2 Å². The Hall–Kier alpha value is -3.92. The molecule has 2 aromatic heterocycles. The van der Waals surface area contributed by atoms with Gasteiger partial charge in [0.2, 0.25) is 10.0 Å². The lowest BCUT2D eigenvalue weighted by atomic mass is 10.1. The molecule has 2 heterocycles. The summed E-state index contributed by atoms with van der Waals surface area (Å²) in [5.74, 6) is 6.35. The number of rotatable bonds is 7. The van der Waals surface area contributed by atoms with Crippen LogP contribution in [-0.2, 0) is 16.2 Å². The van der Waals surface area contributed by atoms with E-state index < -0.39 is 33.9 Å². The van der Waals surface area contributed by atoms with Crippen LogP contribution in [0.1, 0.15) is 55.0 Å². The number of fused-ring (bicyclic) bond motifs is 1. The molecule has 8 nitrogen and oxygen atoms in total. The highest BCUT2D eigenvalue weighted by Crippen LogP contribution is 2.41. The summed E-state index contributed by atoms with van der Waals surface area (Å²) >= 11 is 0. The van der Waals surface area contributed by atoms with E-state index >= 15 is 0 Å². The van der Waals surface area contributed by atoms with Gasteiger partial charge in [0, 0.05) is 22.7 Å². The van der Waals surface area contributed by atoms with Crippen LogP contribution in [0.25, 0.3) is 16.9 Å². The fraction of sp³-hybridized carbons (Fsp3) is 0.310. The molecule has 214 valence electrons. The Morgan fingerprint density at radius 1 is 1.10 bits per heavy atom. The summed E-state index contributed by atoms with van der Waals surface area (Å²) in [6.45, 7) is 2.69. The van der Waals surface area contributed by atoms with E-state index in [1.165, 1.54) is 31.4 Å². The number of nitrogens with zero attached hydrogens (tertiary/aromatic N) is 3. The first-order valence-corrected chi connectivity index (χ1v) is 14.2. The second-order valence-corrected chi connectivity index (χ2v) is 12.1.